The molecule has 1 unspecified atom stereocenters. The van der Waals surface area contributed by atoms with Crippen molar-refractivity contribution in [2.75, 3.05) is 0 Å². The van der Waals surface area contributed by atoms with Crippen LogP contribution in [0.15, 0.2) is 59.9 Å². The third-order valence-corrected chi connectivity index (χ3v) is 3.02. The molecule has 0 fully saturated rings. The van der Waals surface area contributed by atoms with Gasteiger partial charge in [-0.3, -0.25) is 4.79 Å². The zero-order valence-corrected chi connectivity index (χ0v) is 10.8. The van der Waals surface area contributed by atoms with Gasteiger partial charge in [0.1, 0.15) is 11.5 Å². The summed E-state index contributed by atoms with van der Waals surface area (Å²) < 4.78 is 0. The highest BCUT2D eigenvalue weighted by atomic mass is 16.5. The number of aliphatic hydroxyl groups excluding tert-OH is 3. The molecule has 0 amide bonds. The van der Waals surface area contributed by atoms with Gasteiger partial charge in [0.15, 0.2) is 6.10 Å². The van der Waals surface area contributed by atoms with E-state index >= 15 is 0 Å². The summed E-state index contributed by atoms with van der Waals surface area (Å²) in [5.41, 5.74) is 0.170. The van der Waals surface area contributed by atoms with Crippen molar-refractivity contribution in [2.24, 2.45) is 0 Å². The van der Waals surface area contributed by atoms with Gasteiger partial charge >= 0.3 is 0 Å². The Labute approximate surface area is 120 Å². The first kappa shape index (κ1) is 15.0. The van der Waals surface area contributed by atoms with E-state index in [1.807, 2.05) is 0 Å². The van der Waals surface area contributed by atoms with Crippen LogP contribution >= 0.6 is 0 Å². The largest absolute Gasteiger partial charge is 0.507 e. The number of carbonyl (C=O) groups is 1. The van der Waals surface area contributed by atoms with Crippen LogP contribution in [0.3, 0.4) is 0 Å². The summed E-state index contributed by atoms with van der Waals surface area (Å²) in [7, 11) is 0. The topological polar surface area (TPSA) is 118 Å². The molecule has 1 aromatic rings. The lowest BCUT2D eigenvalue weighted by atomic mass is 9.91. The molecule has 6 nitrogen and oxygen atoms in total. The van der Waals surface area contributed by atoms with E-state index in [0.717, 1.165) is 6.08 Å². The van der Waals surface area contributed by atoms with Gasteiger partial charge in [-0.05, 0) is 12.2 Å². The Hall–Kier alpha value is -2.41. The van der Waals surface area contributed by atoms with Gasteiger partial charge in [-0.2, -0.15) is 0 Å². The van der Waals surface area contributed by atoms with Crippen LogP contribution in [0.2, 0.25) is 0 Å². The molecule has 1 atom stereocenters. The molecule has 6 heteroatoms. The second-order valence-electron chi connectivity index (χ2n) is 4.58. The zero-order chi connectivity index (χ0) is 15.6. The average molecular weight is 290 g/mol. The maximum atomic E-state index is 11.8. The van der Waals surface area contributed by atoms with Crippen LogP contribution in [-0.2, 0) is 4.79 Å². The van der Waals surface area contributed by atoms with E-state index in [1.54, 1.807) is 30.3 Å². The second-order valence-corrected chi connectivity index (χ2v) is 4.58. The molecule has 0 heterocycles. The Kier molecular flexibility index (Phi) is 3.95. The molecule has 0 radical (unpaired) electrons. The van der Waals surface area contributed by atoms with E-state index in [-0.39, 0.29) is 11.3 Å². The fourth-order valence-corrected chi connectivity index (χ4v) is 1.86. The fourth-order valence-electron chi connectivity index (χ4n) is 1.86. The monoisotopic (exact) mass is 290 g/mol. The molecule has 21 heavy (non-hydrogen) atoms. The van der Waals surface area contributed by atoms with Gasteiger partial charge < -0.3 is 25.5 Å². The Balaban J connectivity index is 2.36. The summed E-state index contributed by atoms with van der Waals surface area (Å²) in [4.78, 5) is 11.8. The summed E-state index contributed by atoms with van der Waals surface area (Å²) >= 11 is 0. The molecule has 0 aromatic heterocycles. The molecule has 1 aromatic carbocycles. The maximum Gasteiger partial charge on any atom is 0.221 e. The summed E-state index contributed by atoms with van der Waals surface area (Å²) in [6, 6.07) is 8.48. The average Bonchev–Trinajstić information content (AvgIpc) is 2.45. The van der Waals surface area contributed by atoms with E-state index in [4.69, 9.17) is 0 Å². The molecule has 0 saturated carbocycles. The van der Waals surface area contributed by atoms with E-state index < -0.39 is 23.4 Å². The van der Waals surface area contributed by atoms with Crippen molar-refractivity contribution in [3.63, 3.8) is 0 Å². The van der Waals surface area contributed by atoms with Crippen molar-refractivity contribution in [1.82, 2.24) is 0 Å². The molecule has 0 aliphatic heterocycles. The van der Waals surface area contributed by atoms with Crippen LogP contribution in [0.4, 0.5) is 0 Å². The predicted octanol–water partition coefficient (Wildman–Crippen LogP) is 0.578. The van der Waals surface area contributed by atoms with Gasteiger partial charge in [0.2, 0.25) is 11.6 Å². The number of aliphatic hydroxyl groups is 5. The van der Waals surface area contributed by atoms with Crippen molar-refractivity contribution in [2.45, 2.75) is 11.9 Å². The van der Waals surface area contributed by atoms with Crippen LogP contribution in [0, 0.1) is 0 Å². The van der Waals surface area contributed by atoms with Crippen LogP contribution < -0.4 is 0 Å². The normalized spacial score (nSPS) is 24.0. The first-order chi connectivity index (χ1) is 9.83. The third kappa shape index (κ3) is 3.03. The minimum absolute atomic E-state index is 0.150. The van der Waals surface area contributed by atoms with Crippen molar-refractivity contribution in [3.8, 4) is 0 Å². The highest BCUT2D eigenvalue weighted by Gasteiger charge is 2.43. The molecule has 110 valence electrons. The first-order valence-electron chi connectivity index (χ1n) is 6.08. The number of Topliss-reactive ketones (excluding diaryl/α,β-unsaturated/α-hetero) is 1. The fraction of sp³-hybridized carbons (Fsp3) is 0.133. The van der Waals surface area contributed by atoms with Crippen molar-refractivity contribution >= 4 is 11.5 Å². The Morgan fingerprint density at radius 2 is 1.81 bits per heavy atom. The number of hydrogen-bond acceptors (Lipinski definition) is 6. The van der Waals surface area contributed by atoms with Gasteiger partial charge in [-0.25, -0.2) is 0 Å². The highest BCUT2D eigenvalue weighted by Crippen LogP contribution is 2.26. The summed E-state index contributed by atoms with van der Waals surface area (Å²) in [6.07, 6.45) is 0.709. The molecule has 0 bridgehead atoms. The van der Waals surface area contributed by atoms with Gasteiger partial charge in [-0.15, -0.1) is 0 Å². The van der Waals surface area contributed by atoms with Gasteiger partial charge in [0, 0.05) is 11.6 Å². The molecule has 1 aliphatic rings. The highest BCUT2D eigenvalue weighted by molar-refractivity contribution is 6.04. The standard InChI is InChI=1S/C15H14O6/c16-11(9-4-2-1-3-5-9)7-6-10-12(17)8-15(20,21)14(19)13(10)18/h1-8,14,16-17,19-21H/b10-6+,11-7-. The van der Waals surface area contributed by atoms with E-state index in [2.05, 4.69) is 0 Å². The molecular formula is C15H14O6. The summed E-state index contributed by atoms with van der Waals surface area (Å²) in [5, 5.41) is 47.5. The Bertz CT molecular complexity index is 639. The van der Waals surface area contributed by atoms with E-state index in [9.17, 15) is 30.3 Å². The maximum absolute atomic E-state index is 11.8. The summed E-state index contributed by atoms with van der Waals surface area (Å²) in [6.45, 7) is 0. The molecular weight excluding hydrogens is 276 g/mol. The van der Waals surface area contributed by atoms with Crippen molar-refractivity contribution in [1.29, 1.82) is 0 Å². The van der Waals surface area contributed by atoms with E-state index in [1.165, 1.54) is 6.08 Å². The van der Waals surface area contributed by atoms with Crippen LogP contribution in [0.1, 0.15) is 5.56 Å². The molecule has 0 saturated heterocycles. The number of ketones is 1. The smallest absolute Gasteiger partial charge is 0.221 e. The van der Waals surface area contributed by atoms with Gasteiger partial charge in [-0.1, -0.05) is 30.3 Å². The first-order valence-corrected chi connectivity index (χ1v) is 6.08. The minimum atomic E-state index is -2.82. The Morgan fingerprint density at radius 3 is 2.43 bits per heavy atom. The van der Waals surface area contributed by atoms with Gasteiger partial charge in [0.25, 0.3) is 0 Å². The number of benzene rings is 1. The Morgan fingerprint density at radius 1 is 1.19 bits per heavy atom. The quantitative estimate of drug-likeness (QED) is 0.309. The predicted molar refractivity (Wildman–Crippen MR) is 74.0 cm³/mol. The molecule has 1 aliphatic carbocycles. The number of hydrogen-bond donors (Lipinski definition) is 5. The van der Waals surface area contributed by atoms with Gasteiger partial charge in [0.05, 0.1) is 5.57 Å². The lowest BCUT2D eigenvalue weighted by molar-refractivity contribution is -0.193. The summed E-state index contributed by atoms with van der Waals surface area (Å²) in [5.74, 6) is -4.71. The third-order valence-electron chi connectivity index (χ3n) is 3.02. The SMILES string of the molecule is O=C1/C(=C/C=C(\O)c2ccccc2)C(O)=CC(O)(O)C1O. The number of carbonyl (C=O) groups excluding carboxylic acids is 1. The van der Waals surface area contributed by atoms with E-state index in [0.29, 0.717) is 11.6 Å². The van der Waals surface area contributed by atoms with Crippen molar-refractivity contribution in [3.05, 3.63) is 65.5 Å². The van der Waals surface area contributed by atoms with Crippen LogP contribution in [0.5, 0.6) is 0 Å². The van der Waals surface area contributed by atoms with Crippen molar-refractivity contribution < 1.29 is 30.3 Å². The zero-order valence-electron chi connectivity index (χ0n) is 10.8. The lowest BCUT2D eigenvalue weighted by Gasteiger charge is -2.28. The second kappa shape index (κ2) is 5.53. The lowest BCUT2D eigenvalue weighted by Crippen LogP contribution is -2.49. The number of rotatable bonds is 2. The molecule has 2 rings (SSSR count). The van der Waals surface area contributed by atoms with Crippen LogP contribution in [0.25, 0.3) is 5.76 Å². The molecule has 5 N–H and O–H groups in total. The molecule has 0 spiro atoms. The van der Waals surface area contributed by atoms with Crippen LogP contribution in [-0.4, -0.2) is 43.2 Å². The minimum Gasteiger partial charge on any atom is -0.507 e. The number of allylic oxidation sites excluding steroid dienone is 3.